The summed E-state index contributed by atoms with van der Waals surface area (Å²) in [5, 5.41) is 8.81. The number of nitrogens with zero attached hydrogens (tertiary/aromatic N) is 1. The lowest BCUT2D eigenvalue weighted by atomic mass is 10.0. The van der Waals surface area contributed by atoms with Crippen molar-refractivity contribution >= 4 is 0 Å². The van der Waals surface area contributed by atoms with E-state index in [1.807, 2.05) is 6.07 Å². The maximum Gasteiger partial charge on any atom is 0.0443 e. The van der Waals surface area contributed by atoms with Crippen molar-refractivity contribution < 1.29 is 5.11 Å². The van der Waals surface area contributed by atoms with Gasteiger partial charge >= 0.3 is 0 Å². The van der Waals surface area contributed by atoms with Crippen LogP contribution in [0.15, 0.2) is 54.6 Å². The van der Waals surface area contributed by atoms with Gasteiger partial charge in [0.05, 0.1) is 0 Å². The van der Waals surface area contributed by atoms with Crippen LogP contribution in [0.1, 0.15) is 12.0 Å². The molecule has 2 rings (SSSR count). The fourth-order valence-corrected chi connectivity index (χ4v) is 2.27. The first-order valence-electron chi connectivity index (χ1n) is 7.23. The summed E-state index contributed by atoms with van der Waals surface area (Å²) >= 11 is 0. The summed E-state index contributed by atoms with van der Waals surface area (Å²) in [6.07, 6.45) is 1.90. The van der Waals surface area contributed by atoms with E-state index in [2.05, 4.69) is 60.5 Å². The summed E-state index contributed by atoms with van der Waals surface area (Å²) in [6.45, 7) is 2.26. The smallest absolute Gasteiger partial charge is 0.0443 e. The molecule has 2 aromatic carbocycles. The second kappa shape index (κ2) is 7.83. The summed E-state index contributed by atoms with van der Waals surface area (Å²) in [4.78, 5) is 2.27. The summed E-state index contributed by atoms with van der Waals surface area (Å²) < 4.78 is 0. The fourth-order valence-electron chi connectivity index (χ4n) is 2.27. The van der Waals surface area contributed by atoms with Crippen LogP contribution in [0.4, 0.5) is 0 Å². The van der Waals surface area contributed by atoms with Crippen molar-refractivity contribution in [1.82, 2.24) is 4.90 Å². The lowest BCUT2D eigenvalue weighted by molar-refractivity contribution is 0.248. The number of benzene rings is 2. The molecule has 0 saturated carbocycles. The quantitative estimate of drug-likeness (QED) is 0.834. The highest BCUT2D eigenvalue weighted by molar-refractivity contribution is 5.63. The number of likely N-dealkylation sites (N-methyl/N-ethyl adjacent to an activating group) is 1. The molecule has 20 heavy (non-hydrogen) atoms. The van der Waals surface area contributed by atoms with Crippen LogP contribution in [0.5, 0.6) is 0 Å². The van der Waals surface area contributed by atoms with Crippen LogP contribution in [0.25, 0.3) is 11.1 Å². The van der Waals surface area contributed by atoms with Gasteiger partial charge < -0.3 is 10.0 Å². The van der Waals surface area contributed by atoms with Gasteiger partial charge in [0.25, 0.3) is 0 Å². The van der Waals surface area contributed by atoms with Crippen LogP contribution in [-0.4, -0.2) is 36.8 Å². The minimum atomic E-state index is 0.274. The Kier molecular flexibility index (Phi) is 5.78. The summed E-state index contributed by atoms with van der Waals surface area (Å²) in [7, 11) is 2.11. The molecule has 0 heterocycles. The van der Waals surface area contributed by atoms with E-state index in [0.29, 0.717) is 0 Å². The average Bonchev–Trinajstić information content (AvgIpc) is 2.52. The van der Waals surface area contributed by atoms with Crippen molar-refractivity contribution in [1.29, 1.82) is 0 Å². The monoisotopic (exact) mass is 269 g/mol. The Labute approximate surface area is 121 Å². The van der Waals surface area contributed by atoms with Crippen molar-refractivity contribution in [2.75, 3.05) is 26.7 Å². The zero-order valence-corrected chi connectivity index (χ0v) is 12.1. The van der Waals surface area contributed by atoms with E-state index < -0.39 is 0 Å². The number of rotatable bonds is 7. The van der Waals surface area contributed by atoms with Gasteiger partial charge in [-0.05, 0) is 36.6 Å². The number of aliphatic hydroxyl groups is 1. The lowest BCUT2D eigenvalue weighted by Gasteiger charge is -2.15. The maximum atomic E-state index is 8.81. The Balaban J connectivity index is 1.89. The highest BCUT2D eigenvalue weighted by atomic mass is 16.3. The molecule has 0 saturated heterocycles. The standard InChI is InChI=1S/C18H23NO/c1-19(13-5-15-20)14-12-16-8-10-18(11-9-16)17-6-3-2-4-7-17/h2-4,6-11,20H,5,12-15H2,1H3. The minimum absolute atomic E-state index is 0.274. The largest absolute Gasteiger partial charge is 0.396 e. The molecule has 0 radical (unpaired) electrons. The van der Waals surface area contributed by atoms with E-state index in [1.165, 1.54) is 16.7 Å². The molecule has 0 aliphatic rings. The zero-order chi connectivity index (χ0) is 14.2. The van der Waals surface area contributed by atoms with Gasteiger partial charge in [-0.2, -0.15) is 0 Å². The molecule has 0 aliphatic heterocycles. The van der Waals surface area contributed by atoms with E-state index in [-0.39, 0.29) is 6.61 Å². The van der Waals surface area contributed by atoms with Gasteiger partial charge in [0, 0.05) is 19.7 Å². The van der Waals surface area contributed by atoms with E-state index >= 15 is 0 Å². The van der Waals surface area contributed by atoms with E-state index in [9.17, 15) is 0 Å². The minimum Gasteiger partial charge on any atom is -0.396 e. The molecule has 2 nitrogen and oxygen atoms in total. The SMILES string of the molecule is CN(CCCO)CCc1ccc(-c2ccccc2)cc1. The van der Waals surface area contributed by atoms with Crippen LogP contribution in [-0.2, 0) is 6.42 Å². The molecule has 2 aromatic rings. The van der Waals surface area contributed by atoms with Crippen molar-refractivity contribution in [3.05, 3.63) is 60.2 Å². The van der Waals surface area contributed by atoms with Crippen LogP contribution in [0, 0.1) is 0 Å². The molecule has 2 heteroatoms. The molecular formula is C18H23NO. The first kappa shape index (κ1) is 14.8. The second-order valence-corrected chi connectivity index (χ2v) is 5.19. The van der Waals surface area contributed by atoms with Crippen LogP contribution in [0.2, 0.25) is 0 Å². The van der Waals surface area contributed by atoms with Gasteiger partial charge in [0.15, 0.2) is 0 Å². The van der Waals surface area contributed by atoms with Gasteiger partial charge in [0.1, 0.15) is 0 Å². The van der Waals surface area contributed by atoms with Crippen molar-refractivity contribution in [2.45, 2.75) is 12.8 Å². The lowest BCUT2D eigenvalue weighted by Crippen LogP contribution is -2.23. The number of aliphatic hydroxyl groups excluding tert-OH is 1. The predicted octanol–water partition coefficient (Wildman–Crippen LogP) is 3.21. The van der Waals surface area contributed by atoms with Crippen LogP contribution in [0.3, 0.4) is 0 Å². The fraction of sp³-hybridized carbons (Fsp3) is 0.333. The van der Waals surface area contributed by atoms with Crippen LogP contribution < -0.4 is 0 Å². The first-order chi connectivity index (χ1) is 9.79. The van der Waals surface area contributed by atoms with E-state index in [4.69, 9.17) is 5.11 Å². The van der Waals surface area contributed by atoms with Gasteiger partial charge in [-0.15, -0.1) is 0 Å². The molecule has 0 bridgehead atoms. The average molecular weight is 269 g/mol. The van der Waals surface area contributed by atoms with Crippen molar-refractivity contribution in [3.63, 3.8) is 0 Å². The molecule has 0 fully saturated rings. The van der Waals surface area contributed by atoms with Crippen LogP contribution >= 0.6 is 0 Å². The predicted molar refractivity (Wildman–Crippen MR) is 84.8 cm³/mol. The van der Waals surface area contributed by atoms with E-state index in [1.54, 1.807) is 0 Å². The zero-order valence-electron chi connectivity index (χ0n) is 12.1. The Morgan fingerprint density at radius 2 is 1.50 bits per heavy atom. The third kappa shape index (κ3) is 4.48. The highest BCUT2D eigenvalue weighted by Gasteiger charge is 2.00. The first-order valence-corrected chi connectivity index (χ1v) is 7.23. The molecule has 0 aromatic heterocycles. The molecule has 1 N–H and O–H groups in total. The van der Waals surface area contributed by atoms with Gasteiger partial charge in [-0.3, -0.25) is 0 Å². The van der Waals surface area contributed by atoms with Crippen molar-refractivity contribution in [2.24, 2.45) is 0 Å². The molecule has 0 atom stereocenters. The highest BCUT2D eigenvalue weighted by Crippen LogP contribution is 2.19. The Morgan fingerprint density at radius 3 is 2.15 bits per heavy atom. The molecule has 106 valence electrons. The van der Waals surface area contributed by atoms with Gasteiger partial charge in [0.2, 0.25) is 0 Å². The molecule has 0 aliphatic carbocycles. The second-order valence-electron chi connectivity index (χ2n) is 5.19. The summed E-state index contributed by atoms with van der Waals surface area (Å²) in [6, 6.07) is 19.3. The topological polar surface area (TPSA) is 23.5 Å². The van der Waals surface area contributed by atoms with Crippen molar-refractivity contribution in [3.8, 4) is 11.1 Å². The third-order valence-electron chi connectivity index (χ3n) is 3.54. The summed E-state index contributed by atoms with van der Waals surface area (Å²) in [5.41, 5.74) is 3.89. The van der Waals surface area contributed by atoms with Gasteiger partial charge in [-0.25, -0.2) is 0 Å². The summed E-state index contributed by atoms with van der Waals surface area (Å²) in [5.74, 6) is 0. The molecule has 0 unspecified atom stereocenters. The normalized spacial score (nSPS) is 10.9. The Bertz CT molecular complexity index is 493. The van der Waals surface area contributed by atoms with E-state index in [0.717, 1.165) is 25.9 Å². The van der Waals surface area contributed by atoms with Gasteiger partial charge in [-0.1, -0.05) is 54.6 Å². The number of hydrogen-bond acceptors (Lipinski definition) is 2. The Hall–Kier alpha value is -1.64. The molecular weight excluding hydrogens is 246 g/mol. The maximum absolute atomic E-state index is 8.81. The number of hydrogen-bond donors (Lipinski definition) is 1. The molecule has 0 amide bonds. The Morgan fingerprint density at radius 1 is 0.850 bits per heavy atom. The molecule has 0 spiro atoms. The third-order valence-corrected chi connectivity index (χ3v) is 3.54.